The van der Waals surface area contributed by atoms with Gasteiger partial charge in [-0.2, -0.15) is 0 Å². The average Bonchev–Trinajstić information content (AvgIpc) is 2.90. The minimum absolute atomic E-state index is 0.0373. The van der Waals surface area contributed by atoms with Crippen LogP contribution in [0, 0.1) is 13.8 Å². The number of amides is 1. The van der Waals surface area contributed by atoms with Crippen LogP contribution in [0.5, 0.6) is 0 Å². The topological polar surface area (TPSA) is 96.8 Å². The predicted molar refractivity (Wildman–Crippen MR) is 101 cm³/mol. The van der Waals surface area contributed by atoms with Gasteiger partial charge in [-0.1, -0.05) is 29.8 Å². The predicted octanol–water partition coefficient (Wildman–Crippen LogP) is 2.56. The Balaban J connectivity index is 1.94. The first-order chi connectivity index (χ1) is 12.4. The molecule has 0 saturated heterocycles. The van der Waals surface area contributed by atoms with Gasteiger partial charge in [0.1, 0.15) is 5.56 Å². The lowest BCUT2D eigenvalue weighted by atomic mass is 10.2. The number of hydrogen-bond acceptors (Lipinski definition) is 5. The smallest absolute Gasteiger partial charge is 0.313 e. The summed E-state index contributed by atoms with van der Waals surface area (Å²) in [5.74, 6) is -0.632. The molecule has 26 heavy (non-hydrogen) atoms. The number of benzene rings is 1. The molecule has 0 fully saturated rings. The molecule has 1 amide bonds. The van der Waals surface area contributed by atoms with E-state index in [0.717, 1.165) is 21.3 Å². The third-order valence-electron chi connectivity index (χ3n) is 3.84. The molecule has 0 saturated carbocycles. The highest BCUT2D eigenvalue weighted by molar-refractivity contribution is 7.15. The van der Waals surface area contributed by atoms with Crippen LogP contribution in [0.25, 0.3) is 0 Å². The molecule has 134 valence electrons. The van der Waals surface area contributed by atoms with Gasteiger partial charge in [0, 0.05) is 16.1 Å². The molecule has 9 heteroatoms. The van der Waals surface area contributed by atoms with E-state index in [9.17, 15) is 14.4 Å². The first kappa shape index (κ1) is 18.1. The number of thiazole rings is 1. The molecule has 0 aliphatic heterocycles. The quantitative estimate of drug-likeness (QED) is 0.715. The van der Waals surface area contributed by atoms with Crippen molar-refractivity contribution in [3.05, 3.63) is 78.0 Å². The summed E-state index contributed by atoms with van der Waals surface area (Å²) in [6, 6.07) is 6.88. The molecule has 2 heterocycles. The Kier molecular flexibility index (Phi) is 5.06. The van der Waals surface area contributed by atoms with Crippen LogP contribution >= 0.6 is 22.9 Å². The highest BCUT2D eigenvalue weighted by atomic mass is 35.5. The number of nitrogens with zero attached hydrogens (tertiary/aromatic N) is 2. The number of aromatic amines is 1. The van der Waals surface area contributed by atoms with Gasteiger partial charge >= 0.3 is 5.69 Å². The number of aromatic nitrogens is 3. The van der Waals surface area contributed by atoms with Crippen LogP contribution in [0.15, 0.2) is 40.1 Å². The summed E-state index contributed by atoms with van der Waals surface area (Å²) in [6.07, 6.45) is 1.11. The van der Waals surface area contributed by atoms with Gasteiger partial charge in [0.15, 0.2) is 5.13 Å². The molecule has 0 radical (unpaired) electrons. The lowest BCUT2D eigenvalue weighted by Crippen LogP contribution is -2.39. The summed E-state index contributed by atoms with van der Waals surface area (Å²) in [5.41, 5.74) is -0.0841. The molecule has 3 rings (SSSR count). The molecule has 0 bridgehead atoms. The van der Waals surface area contributed by atoms with E-state index in [1.54, 1.807) is 24.3 Å². The van der Waals surface area contributed by atoms with Crippen LogP contribution in [0.3, 0.4) is 0 Å². The molecule has 0 aliphatic rings. The zero-order valence-corrected chi connectivity index (χ0v) is 15.6. The molecule has 0 atom stereocenters. The Hall–Kier alpha value is -2.71. The SMILES string of the molecule is Cc1nc(NC(=O)c2c[nH]c(=O)n(Cc3ccccc3Cl)c2=O)sc1C. The van der Waals surface area contributed by atoms with Crippen molar-refractivity contribution in [2.45, 2.75) is 20.4 Å². The number of H-pyrrole nitrogens is 1. The van der Waals surface area contributed by atoms with Gasteiger partial charge in [-0.25, -0.2) is 9.78 Å². The van der Waals surface area contributed by atoms with Crippen LogP contribution < -0.4 is 16.6 Å². The molecule has 3 aromatic rings. The summed E-state index contributed by atoms with van der Waals surface area (Å²) >= 11 is 7.41. The Labute approximate surface area is 157 Å². The normalized spacial score (nSPS) is 10.7. The van der Waals surface area contributed by atoms with Crippen molar-refractivity contribution in [2.75, 3.05) is 5.32 Å². The van der Waals surface area contributed by atoms with Crippen molar-refractivity contribution in [3.63, 3.8) is 0 Å². The summed E-state index contributed by atoms with van der Waals surface area (Å²) in [7, 11) is 0. The number of anilines is 1. The number of halogens is 1. The molecule has 7 nitrogen and oxygen atoms in total. The van der Waals surface area contributed by atoms with Crippen molar-refractivity contribution in [2.24, 2.45) is 0 Å². The number of carbonyl (C=O) groups is 1. The molecular formula is C17H15ClN4O3S. The van der Waals surface area contributed by atoms with E-state index in [1.165, 1.54) is 11.3 Å². The Morgan fingerprint density at radius 1 is 1.31 bits per heavy atom. The van der Waals surface area contributed by atoms with Gasteiger partial charge in [-0.05, 0) is 25.5 Å². The highest BCUT2D eigenvalue weighted by Gasteiger charge is 2.17. The maximum atomic E-state index is 12.6. The second-order valence-corrected chi connectivity index (χ2v) is 7.22. The molecule has 0 unspecified atom stereocenters. The van der Waals surface area contributed by atoms with Crippen LogP contribution in [-0.2, 0) is 6.54 Å². The fraction of sp³-hybridized carbons (Fsp3) is 0.176. The zero-order valence-electron chi connectivity index (χ0n) is 14.0. The molecule has 0 spiro atoms. The van der Waals surface area contributed by atoms with Crippen molar-refractivity contribution in [1.82, 2.24) is 14.5 Å². The summed E-state index contributed by atoms with van der Waals surface area (Å²) in [5, 5.41) is 3.42. The molecular weight excluding hydrogens is 376 g/mol. The van der Waals surface area contributed by atoms with E-state index in [2.05, 4.69) is 15.3 Å². The second-order valence-electron chi connectivity index (χ2n) is 5.60. The van der Waals surface area contributed by atoms with E-state index in [4.69, 9.17) is 11.6 Å². The highest BCUT2D eigenvalue weighted by Crippen LogP contribution is 2.21. The Bertz CT molecular complexity index is 1080. The van der Waals surface area contributed by atoms with E-state index in [1.807, 2.05) is 13.8 Å². The van der Waals surface area contributed by atoms with Crippen molar-refractivity contribution >= 4 is 34.0 Å². The van der Waals surface area contributed by atoms with Gasteiger partial charge in [0.2, 0.25) is 0 Å². The van der Waals surface area contributed by atoms with Crippen molar-refractivity contribution in [3.8, 4) is 0 Å². The number of aryl methyl sites for hydroxylation is 2. The van der Waals surface area contributed by atoms with Crippen LogP contribution in [-0.4, -0.2) is 20.4 Å². The number of carbonyl (C=O) groups excluding carboxylic acids is 1. The van der Waals surface area contributed by atoms with Crippen LogP contribution in [0.2, 0.25) is 5.02 Å². The van der Waals surface area contributed by atoms with Crippen LogP contribution in [0.1, 0.15) is 26.5 Å². The monoisotopic (exact) mass is 390 g/mol. The van der Waals surface area contributed by atoms with Crippen molar-refractivity contribution in [1.29, 1.82) is 0 Å². The summed E-state index contributed by atoms with van der Waals surface area (Å²) in [4.78, 5) is 44.7. The van der Waals surface area contributed by atoms with Gasteiger partial charge < -0.3 is 4.98 Å². The maximum absolute atomic E-state index is 12.6. The minimum Gasteiger partial charge on any atom is -0.313 e. The largest absolute Gasteiger partial charge is 0.328 e. The van der Waals surface area contributed by atoms with Crippen molar-refractivity contribution < 1.29 is 4.79 Å². The molecule has 2 N–H and O–H groups in total. The van der Waals surface area contributed by atoms with Gasteiger partial charge in [0.25, 0.3) is 11.5 Å². The van der Waals surface area contributed by atoms with E-state index < -0.39 is 17.2 Å². The van der Waals surface area contributed by atoms with E-state index >= 15 is 0 Å². The molecule has 2 aromatic heterocycles. The third-order valence-corrected chi connectivity index (χ3v) is 5.20. The average molecular weight is 391 g/mol. The number of nitrogens with one attached hydrogen (secondary N) is 2. The second kappa shape index (κ2) is 7.27. The van der Waals surface area contributed by atoms with Gasteiger partial charge in [-0.15, -0.1) is 11.3 Å². The first-order valence-corrected chi connectivity index (χ1v) is 8.87. The Morgan fingerprint density at radius 2 is 2.04 bits per heavy atom. The molecule has 0 aliphatic carbocycles. The fourth-order valence-corrected chi connectivity index (χ4v) is 3.31. The van der Waals surface area contributed by atoms with E-state index in [0.29, 0.717) is 15.7 Å². The standard InChI is InChI=1S/C17H15ClN4O3S/c1-9-10(2)26-16(20-9)21-14(23)12-7-19-17(25)22(15(12)24)8-11-5-3-4-6-13(11)18/h3-7H,8H2,1-2H3,(H,19,25)(H,20,21,23). The maximum Gasteiger partial charge on any atom is 0.328 e. The summed E-state index contributed by atoms with van der Waals surface area (Å²) in [6.45, 7) is 3.68. The Morgan fingerprint density at radius 3 is 2.69 bits per heavy atom. The third kappa shape index (κ3) is 3.61. The van der Waals surface area contributed by atoms with E-state index in [-0.39, 0.29) is 12.1 Å². The van der Waals surface area contributed by atoms with Gasteiger partial charge in [0.05, 0.1) is 12.2 Å². The number of hydrogen-bond donors (Lipinski definition) is 2. The zero-order chi connectivity index (χ0) is 18.8. The summed E-state index contributed by atoms with van der Waals surface area (Å²) < 4.78 is 0.939. The lowest BCUT2D eigenvalue weighted by molar-refractivity contribution is 0.102. The van der Waals surface area contributed by atoms with Gasteiger partial charge in [-0.3, -0.25) is 19.5 Å². The number of rotatable bonds is 4. The fourth-order valence-electron chi connectivity index (χ4n) is 2.31. The lowest BCUT2D eigenvalue weighted by Gasteiger charge is -2.08. The first-order valence-electron chi connectivity index (χ1n) is 7.68. The van der Waals surface area contributed by atoms with Crippen LogP contribution in [0.4, 0.5) is 5.13 Å². The molecule has 1 aromatic carbocycles. The minimum atomic E-state index is -0.698.